The Bertz CT molecular complexity index is 817. The molecule has 27 heavy (non-hydrogen) atoms. The van der Waals surface area contributed by atoms with E-state index in [1.165, 1.54) is 0 Å². The average Bonchev–Trinajstić information content (AvgIpc) is 2.58. The molecule has 0 atom stereocenters. The lowest BCUT2D eigenvalue weighted by molar-refractivity contribution is -0.123. The molecule has 0 saturated heterocycles. The first-order valence-electron chi connectivity index (χ1n) is 8.21. The number of para-hydroxylation sites is 1. The molecule has 0 aliphatic carbocycles. The summed E-state index contributed by atoms with van der Waals surface area (Å²) in [5.74, 6) is 0.0562. The first kappa shape index (κ1) is 21.2. The van der Waals surface area contributed by atoms with Gasteiger partial charge in [-0.25, -0.2) is 0 Å². The van der Waals surface area contributed by atoms with E-state index in [1.807, 2.05) is 32.9 Å². The molecule has 0 saturated carbocycles. The highest BCUT2D eigenvalue weighted by Gasteiger charge is 2.15. The quantitative estimate of drug-likeness (QED) is 0.585. The van der Waals surface area contributed by atoms with Crippen LogP contribution in [0.2, 0.25) is 0 Å². The zero-order valence-corrected chi connectivity index (χ0v) is 18.3. The predicted molar refractivity (Wildman–Crippen MR) is 110 cm³/mol. The first-order chi connectivity index (χ1) is 12.8. The van der Waals surface area contributed by atoms with E-state index >= 15 is 0 Å². The van der Waals surface area contributed by atoms with E-state index in [1.54, 1.807) is 24.3 Å². The van der Waals surface area contributed by atoms with Crippen LogP contribution in [-0.2, 0) is 4.79 Å². The lowest BCUT2D eigenvalue weighted by Crippen LogP contribution is -2.44. The van der Waals surface area contributed by atoms with Gasteiger partial charge in [0.15, 0.2) is 6.61 Å². The molecule has 2 rings (SSSR count). The van der Waals surface area contributed by atoms with Gasteiger partial charge in [0.25, 0.3) is 11.8 Å². The second-order valence-corrected chi connectivity index (χ2v) is 7.76. The fourth-order valence-corrected chi connectivity index (χ4v) is 3.80. The Morgan fingerprint density at radius 2 is 1.81 bits per heavy atom. The molecule has 8 heteroatoms. The molecule has 0 radical (unpaired) electrons. The maximum Gasteiger partial charge on any atom is 0.276 e. The van der Waals surface area contributed by atoms with E-state index in [0.717, 1.165) is 14.5 Å². The number of carbonyl (C=O) groups excluding carboxylic acids is 2. The lowest BCUT2D eigenvalue weighted by atomic mass is 10.2. The zero-order chi connectivity index (χ0) is 20.0. The van der Waals surface area contributed by atoms with Crippen LogP contribution in [0, 0.1) is 6.92 Å². The minimum absolute atomic E-state index is 0.0745. The van der Waals surface area contributed by atoms with Gasteiger partial charge in [0.05, 0.1) is 16.1 Å². The van der Waals surface area contributed by atoms with Crippen molar-refractivity contribution >= 4 is 43.7 Å². The van der Waals surface area contributed by atoms with Crippen LogP contribution in [0.1, 0.15) is 29.8 Å². The van der Waals surface area contributed by atoms with Gasteiger partial charge in [0, 0.05) is 4.47 Å². The molecule has 0 spiro atoms. The van der Waals surface area contributed by atoms with Crippen molar-refractivity contribution in [3.63, 3.8) is 0 Å². The van der Waals surface area contributed by atoms with Gasteiger partial charge in [-0.05, 0) is 66.5 Å². The summed E-state index contributed by atoms with van der Waals surface area (Å²) in [5.41, 5.74) is 5.91. The van der Waals surface area contributed by atoms with Gasteiger partial charge in [0.1, 0.15) is 11.5 Å². The van der Waals surface area contributed by atoms with Crippen LogP contribution in [0.5, 0.6) is 11.5 Å². The minimum atomic E-state index is -0.486. The van der Waals surface area contributed by atoms with Crippen molar-refractivity contribution in [2.75, 3.05) is 6.61 Å². The SMILES string of the molecule is Cc1cc(Br)cc(Br)c1OCC(=O)NNC(=O)c1ccccc1OC(C)C. The number of aryl methyl sites for hydroxylation is 1. The van der Waals surface area contributed by atoms with Crippen LogP contribution >= 0.6 is 31.9 Å². The number of halogens is 2. The third-order valence-corrected chi connectivity index (χ3v) is 4.40. The largest absolute Gasteiger partial charge is 0.490 e. The maximum absolute atomic E-state index is 12.3. The normalized spacial score (nSPS) is 10.4. The van der Waals surface area contributed by atoms with Gasteiger partial charge in [-0.3, -0.25) is 20.4 Å². The fourth-order valence-electron chi connectivity index (χ4n) is 2.25. The first-order valence-corrected chi connectivity index (χ1v) is 9.80. The molecule has 0 heterocycles. The summed E-state index contributed by atoms with van der Waals surface area (Å²) in [6, 6.07) is 10.5. The van der Waals surface area contributed by atoms with Crippen LogP contribution in [0.25, 0.3) is 0 Å². The molecule has 144 valence electrons. The number of hydrogen-bond acceptors (Lipinski definition) is 4. The minimum Gasteiger partial charge on any atom is -0.490 e. The Morgan fingerprint density at radius 1 is 1.11 bits per heavy atom. The molecule has 2 amide bonds. The van der Waals surface area contributed by atoms with Crippen molar-refractivity contribution in [2.45, 2.75) is 26.9 Å². The highest BCUT2D eigenvalue weighted by molar-refractivity contribution is 9.11. The van der Waals surface area contributed by atoms with E-state index in [9.17, 15) is 9.59 Å². The zero-order valence-electron chi connectivity index (χ0n) is 15.1. The molecule has 0 bridgehead atoms. The van der Waals surface area contributed by atoms with Crippen LogP contribution in [0.15, 0.2) is 45.3 Å². The molecule has 0 aliphatic heterocycles. The van der Waals surface area contributed by atoms with Crippen molar-refractivity contribution in [2.24, 2.45) is 0 Å². The summed E-state index contributed by atoms with van der Waals surface area (Å²) in [4.78, 5) is 24.3. The van der Waals surface area contributed by atoms with E-state index in [4.69, 9.17) is 9.47 Å². The monoisotopic (exact) mass is 498 g/mol. The average molecular weight is 500 g/mol. The fraction of sp³-hybridized carbons (Fsp3) is 0.263. The number of ether oxygens (including phenoxy) is 2. The van der Waals surface area contributed by atoms with E-state index in [2.05, 4.69) is 42.7 Å². The number of nitrogens with one attached hydrogen (secondary N) is 2. The number of hydrazine groups is 1. The number of benzene rings is 2. The summed E-state index contributed by atoms with van der Waals surface area (Å²) < 4.78 is 12.8. The maximum atomic E-state index is 12.3. The Kier molecular flexibility index (Phi) is 7.67. The molecular formula is C19H20Br2N2O4. The number of amides is 2. The van der Waals surface area contributed by atoms with E-state index < -0.39 is 11.8 Å². The summed E-state index contributed by atoms with van der Waals surface area (Å²) in [5, 5.41) is 0. The van der Waals surface area contributed by atoms with Crippen LogP contribution in [-0.4, -0.2) is 24.5 Å². The van der Waals surface area contributed by atoms with Gasteiger partial charge < -0.3 is 9.47 Å². The van der Waals surface area contributed by atoms with E-state index in [-0.39, 0.29) is 12.7 Å². The van der Waals surface area contributed by atoms with Crippen LogP contribution in [0.3, 0.4) is 0 Å². The smallest absolute Gasteiger partial charge is 0.276 e. The van der Waals surface area contributed by atoms with Crippen molar-refractivity contribution in [3.05, 3.63) is 56.5 Å². The second-order valence-electron chi connectivity index (χ2n) is 5.99. The van der Waals surface area contributed by atoms with Crippen molar-refractivity contribution in [1.29, 1.82) is 0 Å². The van der Waals surface area contributed by atoms with Gasteiger partial charge >= 0.3 is 0 Å². The summed E-state index contributed by atoms with van der Waals surface area (Å²) in [6.07, 6.45) is -0.0745. The molecule has 0 fully saturated rings. The van der Waals surface area contributed by atoms with Gasteiger partial charge in [0.2, 0.25) is 0 Å². The van der Waals surface area contributed by atoms with Crippen LogP contribution in [0.4, 0.5) is 0 Å². The number of rotatable bonds is 6. The molecule has 2 aromatic rings. The van der Waals surface area contributed by atoms with Gasteiger partial charge in [-0.15, -0.1) is 0 Å². The summed E-state index contributed by atoms with van der Waals surface area (Å²) in [7, 11) is 0. The summed E-state index contributed by atoms with van der Waals surface area (Å²) >= 11 is 6.79. The third-order valence-electron chi connectivity index (χ3n) is 3.35. The van der Waals surface area contributed by atoms with Crippen molar-refractivity contribution < 1.29 is 19.1 Å². The Balaban J connectivity index is 1.92. The van der Waals surface area contributed by atoms with Gasteiger partial charge in [-0.2, -0.15) is 0 Å². The second kappa shape index (κ2) is 9.75. The summed E-state index contributed by atoms with van der Waals surface area (Å²) in [6.45, 7) is 5.37. The molecular weight excluding hydrogens is 480 g/mol. The van der Waals surface area contributed by atoms with Gasteiger partial charge in [-0.1, -0.05) is 28.1 Å². The molecule has 2 N–H and O–H groups in total. The van der Waals surface area contributed by atoms with Crippen LogP contribution < -0.4 is 20.3 Å². The van der Waals surface area contributed by atoms with Crippen molar-refractivity contribution in [1.82, 2.24) is 10.9 Å². The Hall–Kier alpha value is -2.06. The highest BCUT2D eigenvalue weighted by Crippen LogP contribution is 2.32. The standard InChI is InChI=1S/C19H20Br2N2O4/c1-11(2)27-16-7-5-4-6-14(16)19(25)23-22-17(24)10-26-18-12(3)8-13(20)9-15(18)21/h4-9,11H,10H2,1-3H3,(H,22,24)(H,23,25). The molecule has 0 aliphatic rings. The Morgan fingerprint density at radius 3 is 2.48 bits per heavy atom. The lowest BCUT2D eigenvalue weighted by Gasteiger charge is -2.15. The molecule has 0 unspecified atom stereocenters. The Labute approximate surface area is 174 Å². The number of carbonyl (C=O) groups is 2. The highest BCUT2D eigenvalue weighted by atomic mass is 79.9. The molecule has 0 aromatic heterocycles. The molecule has 6 nitrogen and oxygen atoms in total. The topological polar surface area (TPSA) is 76.7 Å². The predicted octanol–water partition coefficient (Wildman–Crippen LogP) is 4.15. The molecule has 2 aromatic carbocycles. The number of hydrogen-bond donors (Lipinski definition) is 2. The van der Waals surface area contributed by atoms with Crippen molar-refractivity contribution in [3.8, 4) is 11.5 Å². The van der Waals surface area contributed by atoms with E-state index in [0.29, 0.717) is 17.1 Å². The third kappa shape index (κ3) is 6.25.